The highest BCUT2D eigenvalue weighted by molar-refractivity contribution is 5.89. The van der Waals surface area contributed by atoms with Gasteiger partial charge in [0.2, 0.25) is 5.75 Å². The van der Waals surface area contributed by atoms with E-state index in [1.807, 2.05) is 12.1 Å². The third-order valence-electron chi connectivity index (χ3n) is 3.96. The van der Waals surface area contributed by atoms with Crippen molar-refractivity contribution in [2.24, 2.45) is 0 Å². The predicted molar refractivity (Wildman–Crippen MR) is 96.1 cm³/mol. The van der Waals surface area contributed by atoms with Gasteiger partial charge in [-0.15, -0.1) is 0 Å². The van der Waals surface area contributed by atoms with E-state index in [1.165, 1.54) is 0 Å². The summed E-state index contributed by atoms with van der Waals surface area (Å²) < 4.78 is 16.1. The highest BCUT2D eigenvalue weighted by atomic mass is 16.5. The van der Waals surface area contributed by atoms with Gasteiger partial charge in [-0.3, -0.25) is 5.10 Å². The van der Waals surface area contributed by atoms with Crippen molar-refractivity contribution in [1.29, 1.82) is 0 Å². The Balaban J connectivity index is 2.02. The molecule has 3 aromatic rings. The van der Waals surface area contributed by atoms with Gasteiger partial charge in [0.05, 0.1) is 38.3 Å². The second-order valence-corrected chi connectivity index (χ2v) is 5.47. The Labute approximate surface area is 150 Å². The van der Waals surface area contributed by atoms with Crippen LogP contribution in [0.1, 0.15) is 10.4 Å². The molecule has 0 unspecified atom stereocenters. The third kappa shape index (κ3) is 3.19. The van der Waals surface area contributed by atoms with Crippen molar-refractivity contribution >= 4 is 5.97 Å². The maximum atomic E-state index is 11.1. The lowest BCUT2D eigenvalue weighted by molar-refractivity contribution is 0.0697. The van der Waals surface area contributed by atoms with Crippen LogP contribution in [0.3, 0.4) is 0 Å². The van der Waals surface area contributed by atoms with E-state index < -0.39 is 5.97 Å². The Morgan fingerprint density at radius 1 is 0.962 bits per heavy atom. The highest BCUT2D eigenvalue weighted by Crippen LogP contribution is 2.41. The number of rotatable bonds is 6. The number of nitrogens with zero attached hydrogens (tertiary/aromatic N) is 1. The van der Waals surface area contributed by atoms with Crippen molar-refractivity contribution in [1.82, 2.24) is 10.2 Å². The summed E-state index contributed by atoms with van der Waals surface area (Å²) in [5, 5.41) is 16.4. The highest BCUT2D eigenvalue weighted by Gasteiger charge is 2.16. The number of carboxylic acids is 1. The molecular formula is C19H18N2O5. The zero-order valence-electron chi connectivity index (χ0n) is 14.6. The summed E-state index contributed by atoms with van der Waals surface area (Å²) in [5.41, 5.74) is 3.09. The Morgan fingerprint density at radius 2 is 1.65 bits per heavy atom. The molecule has 0 saturated carbocycles. The van der Waals surface area contributed by atoms with Gasteiger partial charge >= 0.3 is 5.97 Å². The quantitative estimate of drug-likeness (QED) is 0.704. The minimum Gasteiger partial charge on any atom is -0.493 e. The van der Waals surface area contributed by atoms with Crippen molar-refractivity contribution in [2.75, 3.05) is 21.3 Å². The van der Waals surface area contributed by atoms with Gasteiger partial charge in [-0.05, 0) is 30.3 Å². The van der Waals surface area contributed by atoms with E-state index in [9.17, 15) is 4.79 Å². The lowest BCUT2D eigenvalue weighted by Crippen LogP contribution is -1.95. The number of hydrogen-bond donors (Lipinski definition) is 2. The molecule has 2 aromatic carbocycles. The van der Waals surface area contributed by atoms with Crippen LogP contribution in [-0.2, 0) is 0 Å². The molecule has 0 spiro atoms. The molecule has 26 heavy (non-hydrogen) atoms. The van der Waals surface area contributed by atoms with Gasteiger partial charge in [0.15, 0.2) is 11.5 Å². The van der Waals surface area contributed by atoms with Crippen LogP contribution in [0.2, 0.25) is 0 Å². The first-order valence-electron chi connectivity index (χ1n) is 7.77. The number of carboxylic acid groups (broad SMARTS) is 1. The second-order valence-electron chi connectivity index (χ2n) is 5.47. The van der Waals surface area contributed by atoms with Crippen LogP contribution in [0.4, 0.5) is 0 Å². The van der Waals surface area contributed by atoms with Gasteiger partial charge in [0.25, 0.3) is 0 Å². The van der Waals surface area contributed by atoms with Crippen molar-refractivity contribution in [3.63, 3.8) is 0 Å². The van der Waals surface area contributed by atoms with E-state index >= 15 is 0 Å². The molecule has 0 fully saturated rings. The van der Waals surface area contributed by atoms with Gasteiger partial charge < -0.3 is 19.3 Å². The normalized spacial score (nSPS) is 10.4. The molecule has 0 atom stereocenters. The Bertz CT molecular complexity index is 924. The van der Waals surface area contributed by atoms with E-state index in [2.05, 4.69) is 10.2 Å². The maximum Gasteiger partial charge on any atom is 0.335 e. The minimum atomic E-state index is -0.976. The molecule has 0 bridgehead atoms. The Kier molecular flexibility index (Phi) is 4.79. The number of H-pyrrole nitrogens is 1. The van der Waals surface area contributed by atoms with E-state index in [1.54, 1.807) is 51.7 Å². The molecule has 134 valence electrons. The first kappa shape index (κ1) is 17.3. The summed E-state index contributed by atoms with van der Waals surface area (Å²) in [4.78, 5) is 11.1. The number of benzene rings is 2. The van der Waals surface area contributed by atoms with E-state index in [4.69, 9.17) is 19.3 Å². The predicted octanol–water partition coefficient (Wildman–Crippen LogP) is 3.47. The van der Waals surface area contributed by atoms with Crippen LogP contribution < -0.4 is 14.2 Å². The van der Waals surface area contributed by atoms with Gasteiger partial charge in [0, 0.05) is 11.1 Å². The third-order valence-corrected chi connectivity index (χ3v) is 3.96. The average molecular weight is 354 g/mol. The Hall–Kier alpha value is -3.48. The van der Waals surface area contributed by atoms with Crippen molar-refractivity contribution < 1.29 is 24.1 Å². The fourth-order valence-corrected chi connectivity index (χ4v) is 2.67. The molecular weight excluding hydrogens is 336 g/mol. The van der Waals surface area contributed by atoms with Gasteiger partial charge in [-0.1, -0.05) is 12.1 Å². The number of aromatic carboxylic acids is 1. The van der Waals surface area contributed by atoms with Crippen LogP contribution in [-0.4, -0.2) is 42.6 Å². The minimum absolute atomic E-state index is 0.214. The van der Waals surface area contributed by atoms with E-state index in [-0.39, 0.29) is 5.56 Å². The number of aromatic nitrogens is 2. The topological polar surface area (TPSA) is 93.7 Å². The zero-order valence-corrected chi connectivity index (χ0v) is 14.6. The van der Waals surface area contributed by atoms with Gasteiger partial charge in [-0.2, -0.15) is 5.10 Å². The summed E-state index contributed by atoms with van der Waals surface area (Å²) in [6.45, 7) is 0. The van der Waals surface area contributed by atoms with Crippen LogP contribution >= 0.6 is 0 Å². The second kappa shape index (κ2) is 7.18. The monoisotopic (exact) mass is 354 g/mol. The van der Waals surface area contributed by atoms with Crippen molar-refractivity contribution in [3.05, 3.63) is 48.0 Å². The average Bonchev–Trinajstić information content (AvgIpc) is 3.17. The van der Waals surface area contributed by atoms with Crippen LogP contribution in [0.15, 0.2) is 42.5 Å². The molecule has 7 nitrogen and oxygen atoms in total. The summed E-state index contributed by atoms with van der Waals surface area (Å²) in [5.74, 6) is 0.582. The molecule has 0 saturated heterocycles. The fourth-order valence-electron chi connectivity index (χ4n) is 2.67. The molecule has 0 aliphatic rings. The van der Waals surface area contributed by atoms with Crippen molar-refractivity contribution in [3.8, 4) is 39.8 Å². The number of carbonyl (C=O) groups is 1. The van der Waals surface area contributed by atoms with Crippen LogP contribution in [0, 0.1) is 0 Å². The standard InChI is InChI=1S/C19H18N2O5/c1-24-16-8-13(9-17(25-2)18(16)26-3)15-10-14(20-21-15)11-5-4-6-12(7-11)19(22)23/h4-10H,1-3H3,(H,20,21)(H,22,23). The number of ether oxygens (including phenoxy) is 3. The summed E-state index contributed by atoms with van der Waals surface area (Å²) in [6.07, 6.45) is 0. The van der Waals surface area contributed by atoms with E-state index in [0.29, 0.717) is 28.6 Å². The summed E-state index contributed by atoms with van der Waals surface area (Å²) >= 11 is 0. The molecule has 1 heterocycles. The lowest BCUT2D eigenvalue weighted by atomic mass is 10.1. The number of nitrogens with one attached hydrogen (secondary N) is 1. The first-order chi connectivity index (χ1) is 12.6. The summed E-state index contributed by atoms with van der Waals surface area (Å²) in [7, 11) is 4.64. The lowest BCUT2D eigenvalue weighted by Gasteiger charge is -2.13. The van der Waals surface area contributed by atoms with Crippen LogP contribution in [0.25, 0.3) is 22.5 Å². The molecule has 7 heteroatoms. The molecule has 0 aliphatic heterocycles. The van der Waals surface area contributed by atoms with Gasteiger partial charge in [0.1, 0.15) is 0 Å². The molecule has 0 radical (unpaired) electrons. The molecule has 1 aromatic heterocycles. The largest absolute Gasteiger partial charge is 0.493 e. The molecule has 0 aliphatic carbocycles. The van der Waals surface area contributed by atoms with Crippen molar-refractivity contribution in [2.45, 2.75) is 0 Å². The summed E-state index contributed by atoms with van der Waals surface area (Å²) in [6, 6.07) is 12.1. The zero-order chi connectivity index (χ0) is 18.7. The number of methoxy groups -OCH3 is 3. The first-order valence-corrected chi connectivity index (χ1v) is 7.77. The SMILES string of the molecule is COc1cc(-c2cc(-c3cccc(C(=O)O)c3)[nH]n2)cc(OC)c1OC. The molecule has 2 N–H and O–H groups in total. The van der Waals surface area contributed by atoms with E-state index in [0.717, 1.165) is 11.1 Å². The number of aromatic amines is 1. The number of hydrogen-bond acceptors (Lipinski definition) is 5. The fraction of sp³-hybridized carbons (Fsp3) is 0.158. The van der Waals surface area contributed by atoms with Crippen LogP contribution in [0.5, 0.6) is 17.2 Å². The van der Waals surface area contributed by atoms with Gasteiger partial charge in [-0.25, -0.2) is 4.79 Å². The molecule has 3 rings (SSSR count). The Morgan fingerprint density at radius 3 is 2.23 bits per heavy atom. The maximum absolute atomic E-state index is 11.1. The molecule has 0 amide bonds. The smallest absolute Gasteiger partial charge is 0.335 e.